The first-order chi connectivity index (χ1) is 12.0. The van der Waals surface area contributed by atoms with E-state index in [2.05, 4.69) is 10.6 Å². The average molecular weight is 359 g/mol. The van der Waals surface area contributed by atoms with Crippen LogP contribution in [-0.2, 0) is 19.1 Å². The van der Waals surface area contributed by atoms with Gasteiger partial charge >= 0.3 is 0 Å². The maximum Gasteiger partial charge on any atom is 0.220 e. The molecule has 0 bridgehead atoms. The summed E-state index contributed by atoms with van der Waals surface area (Å²) in [5.74, 6) is 0.304. The van der Waals surface area contributed by atoms with Gasteiger partial charge in [-0.15, -0.1) is 0 Å². The Morgan fingerprint density at radius 2 is 1.36 bits per heavy atom. The van der Waals surface area contributed by atoms with E-state index in [4.69, 9.17) is 4.74 Å². The Balaban J connectivity index is 0. The molecule has 6 nitrogen and oxygen atoms in total. The van der Waals surface area contributed by atoms with Gasteiger partial charge in [0.15, 0.2) is 0 Å². The van der Waals surface area contributed by atoms with Gasteiger partial charge in [0.25, 0.3) is 0 Å². The van der Waals surface area contributed by atoms with E-state index in [1.54, 1.807) is 0 Å². The first-order valence-electron chi connectivity index (χ1n) is 9.61. The van der Waals surface area contributed by atoms with Crippen LogP contribution in [0.5, 0.6) is 0 Å². The molecule has 0 atom stereocenters. The number of carbonyl (C=O) groups excluding carboxylic acids is 3. The summed E-state index contributed by atoms with van der Waals surface area (Å²) in [6.07, 6.45) is 3.55. The fraction of sp³-hybridized carbons (Fsp3) is 0.842. The van der Waals surface area contributed by atoms with Crippen molar-refractivity contribution in [3.8, 4) is 0 Å². The Bertz CT molecular complexity index is 357. The van der Waals surface area contributed by atoms with Gasteiger partial charge in [0.05, 0.1) is 0 Å². The highest BCUT2D eigenvalue weighted by molar-refractivity contribution is 5.81. The summed E-state index contributed by atoms with van der Waals surface area (Å²) < 4.78 is 5.42. The van der Waals surface area contributed by atoms with E-state index < -0.39 is 0 Å². The van der Waals surface area contributed by atoms with Gasteiger partial charge in [0, 0.05) is 51.5 Å². The lowest BCUT2D eigenvalue weighted by Gasteiger charge is -2.07. The van der Waals surface area contributed by atoms with Crippen molar-refractivity contribution in [3.05, 3.63) is 0 Å². The molecule has 0 unspecified atom stereocenters. The largest absolute Gasteiger partial charge is 0.381 e. The monoisotopic (exact) mass is 358 g/mol. The van der Waals surface area contributed by atoms with Crippen molar-refractivity contribution in [1.82, 2.24) is 10.6 Å². The van der Waals surface area contributed by atoms with E-state index in [9.17, 15) is 14.4 Å². The summed E-state index contributed by atoms with van der Waals surface area (Å²) >= 11 is 0. The Morgan fingerprint density at radius 1 is 0.840 bits per heavy atom. The molecule has 0 fully saturated rings. The molecule has 0 spiro atoms. The lowest BCUT2D eigenvalue weighted by Crippen LogP contribution is -2.25. The zero-order valence-electron chi connectivity index (χ0n) is 16.8. The van der Waals surface area contributed by atoms with E-state index in [-0.39, 0.29) is 23.5 Å². The van der Waals surface area contributed by atoms with E-state index in [1.165, 1.54) is 0 Å². The zero-order valence-corrected chi connectivity index (χ0v) is 16.8. The van der Waals surface area contributed by atoms with Crippen molar-refractivity contribution < 1.29 is 19.1 Å². The molecular weight excluding hydrogens is 320 g/mol. The highest BCUT2D eigenvalue weighted by Crippen LogP contribution is 2.04. The van der Waals surface area contributed by atoms with Crippen LogP contribution in [0.15, 0.2) is 0 Å². The number of carbonyl (C=O) groups is 3. The minimum absolute atomic E-state index is 0.0103. The number of ketones is 1. The summed E-state index contributed by atoms with van der Waals surface area (Å²) in [4.78, 5) is 34.0. The molecule has 0 radical (unpaired) electrons. The standard InChI is InChI=1S/C17H32N2O4.C2H6/c1-4-16(21)18-10-6-12-23-13-7-11-19-17(22)9-5-8-15(20)14(2)3;1-2/h14H,4-13H2,1-3H3,(H,18,21)(H,19,22);1-2H3. The lowest BCUT2D eigenvalue weighted by atomic mass is 10.0. The van der Waals surface area contributed by atoms with Crippen LogP contribution in [0.1, 0.15) is 73.1 Å². The molecule has 0 aliphatic rings. The summed E-state index contributed by atoms with van der Waals surface area (Å²) in [6.45, 7) is 12.0. The minimum atomic E-state index is -0.0103. The number of amides is 2. The van der Waals surface area contributed by atoms with Crippen LogP contribution in [0.4, 0.5) is 0 Å². The summed E-state index contributed by atoms with van der Waals surface area (Å²) in [5, 5.41) is 5.61. The number of hydrogen-bond acceptors (Lipinski definition) is 4. The quantitative estimate of drug-likeness (QED) is 0.468. The maximum absolute atomic E-state index is 11.6. The molecule has 0 aromatic heterocycles. The second-order valence-electron chi connectivity index (χ2n) is 5.85. The lowest BCUT2D eigenvalue weighted by molar-refractivity contribution is -0.123. The highest BCUT2D eigenvalue weighted by Gasteiger charge is 2.08. The summed E-state index contributed by atoms with van der Waals surface area (Å²) in [6, 6.07) is 0. The van der Waals surface area contributed by atoms with Crippen LogP contribution in [0.25, 0.3) is 0 Å². The van der Waals surface area contributed by atoms with Crippen molar-refractivity contribution >= 4 is 17.6 Å². The van der Waals surface area contributed by atoms with Gasteiger partial charge in [0.1, 0.15) is 5.78 Å². The van der Waals surface area contributed by atoms with Crippen molar-refractivity contribution in [3.63, 3.8) is 0 Å². The zero-order chi connectivity index (χ0) is 19.5. The van der Waals surface area contributed by atoms with E-state index >= 15 is 0 Å². The number of ether oxygens (including phenoxy) is 1. The van der Waals surface area contributed by atoms with E-state index in [0.717, 1.165) is 12.8 Å². The third kappa shape index (κ3) is 18.7. The fourth-order valence-electron chi connectivity index (χ4n) is 1.83. The molecule has 0 aliphatic heterocycles. The molecule has 0 aliphatic carbocycles. The molecular formula is C19H38N2O4. The van der Waals surface area contributed by atoms with Gasteiger partial charge in [-0.1, -0.05) is 34.6 Å². The van der Waals surface area contributed by atoms with Crippen LogP contribution in [0, 0.1) is 5.92 Å². The first-order valence-corrected chi connectivity index (χ1v) is 9.61. The van der Waals surface area contributed by atoms with Crippen molar-refractivity contribution in [2.75, 3.05) is 26.3 Å². The third-order valence-corrected chi connectivity index (χ3v) is 3.37. The van der Waals surface area contributed by atoms with Gasteiger partial charge in [-0.2, -0.15) is 0 Å². The second kappa shape index (κ2) is 18.9. The average Bonchev–Trinajstić information content (AvgIpc) is 2.61. The Kier molecular flexibility index (Phi) is 19.5. The van der Waals surface area contributed by atoms with Crippen LogP contribution < -0.4 is 10.6 Å². The SMILES string of the molecule is CC.CCC(=O)NCCCOCCCNC(=O)CCCC(=O)C(C)C. The van der Waals surface area contributed by atoms with Crippen LogP contribution in [0.3, 0.4) is 0 Å². The molecule has 2 amide bonds. The molecule has 0 saturated heterocycles. The fourth-order valence-corrected chi connectivity index (χ4v) is 1.83. The first kappa shape index (κ1) is 25.8. The number of nitrogens with one attached hydrogen (secondary N) is 2. The molecule has 0 heterocycles. The molecule has 0 aromatic carbocycles. The number of hydrogen-bond donors (Lipinski definition) is 2. The smallest absolute Gasteiger partial charge is 0.220 e. The van der Waals surface area contributed by atoms with Crippen LogP contribution >= 0.6 is 0 Å². The van der Waals surface area contributed by atoms with Crippen LogP contribution in [-0.4, -0.2) is 43.9 Å². The Morgan fingerprint density at radius 3 is 1.84 bits per heavy atom. The topological polar surface area (TPSA) is 84.5 Å². The van der Waals surface area contributed by atoms with Gasteiger partial charge in [-0.25, -0.2) is 0 Å². The summed E-state index contributed by atoms with van der Waals surface area (Å²) in [7, 11) is 0. The predicted octanol–water partition coefficient (Wildman–Crippen LogP) is 2.85. The second-order valence-corrected chi connectivity index (χ2v) is 5.85. The van der Waals surface area contributed by atoms with E-state index in [0.29, 0.717) is 52.0 Å². The Hall–Kier alpha value is -1.43. The van der Waals surface area contributed by atoms with Crippen molar-refractivity contribution in [2.45, 2.75) is 73.1 Å². The highest BCUT2D eigenvalue weighted by atomic mass is 16.5. The molecule has 0 aromatic rings. The van der Waals surface area contributed by atoms with Gasteiger partial charge in [-0.05, 0) is 19.3 Å². The number of Topliss-reactive ketones (excluding diaryl/α,β-unsaturated/α-hetero) is 1. The van der Waals surface area contributed by atoms with Gasteiger partial charge < -0.3 is 15.4 Å². The molecule has 0 saturated carbocycles. The maximum atomic E-state index is 11.6. The van der Waals surface area contributed by atoms with Crippen LogP contribution in [0.2, 0.25) is 0 Å². The third-order valence-electron chi connectivity index (χ3n) is 3.37. The molecule has 25 heavy (non-hydrogen) atoms. The van der Waals surface area contributed by atoms with Crippen molar-refractivity contribution in [1.29, 1.82) is 0 Å². The number of rotatable bonds is 14. The summed E-state index contributed by atoms with van der Waals surface area (Å²) in [5.41, 5.74) is 0. The van der Waals surface area contributed by atoms with E-state index in [1.807, 2.05) is 34.6 Å². The van der Waals surface area contributed by atoms with Gasteiger partial charge in [-0.3, -0.25) is 14.4 Å². The normalized spacial score (nSPS) is 10.0. The molecule has 148 valence electrons. The Labute approximate surface area is 153 Å². The van der Waals surface area contributed by atoms with Crippen molar-refractivity contribution in [2.24, 2.45) is 5.92 Å². The molecule has 2 N–H and O–H groups in total. The predicted molar refractivity (Wildman–Crippen MR) is 101 cm³/mol. The molecule has 0 rings (SSSR count). The molecule has 6 heteroatoms. The minimum Gasteiger partial charge on any atom is -0.381 e. The van der Waals surface area contributed by atoms with Gasteiger partial charge in [0.2, 0.25) is 11.8 Å².